The summed E-state index contributed by atoms with van der Waals surface area (Å²) >= 11 is 6.05. The Morgan fingerprint density at radius 3 is 3.16 bits per heavy atom. The minimum Gasteiger partial charge on any atom is -0.357 e. The number of nitrogens with one attached hydrogen (secondary N) is 3. The predicted molar refractivity (Wildman–Crippen MR) is 75.5 cm³/mol. The average molecular weight is 284 g/mol. The van der Waals surface area contributed by atoms with Crippen LogP contribution in [0.1, 0.15) is 26.2 Å². The van der Waals surface area contributed by atoms with E-state index in [9.17, 15) is 4.79 Å². The Balaban J connectivity index is 2.07. The lowest BCUT2D eigenvalue weighted by molar-refractivity contribution is -0.123. The lowest BCUT2D eigenvalue weighted by atomic mass is 10.1. The molecule has 0 spiro atoms. The number of carbonyl (C=O) groups is 1. The van der Waals surface area contributed by atoms with Crippen molar-refractivity contribution in [1.29, 1.82) is 0 Å². The molecule has 7 heteroatoms. The first-order valence-electron chi connectivity index (χ1n) is 6.51. The van der Waals surface area contributed by atoms with Crippen molar-refractivity contribution in [3.8, 4) is 0 Å². The number of aromatic nitrogens is 2. The summed E-state index contributed by atoms with van der Waals surface area (Å²) in [7, 11) is 0. The van der Waals surface area contributed by atoms with E-state index in [1.165, 1.54) is 6.20 Å². The Kier molecular flexibility index (Phi) is 4.79. The first kappa shape index (κ1) is 13.9. The summed E-state index contributed by atoms with van der Waals surface area (Å²) in [5.41, 5.74) is 0. The first-order valence-corrected chi connectivity index (χ1v) is 6.89. The van der Waals surface area contributed by atoms with Crippen molar-refractivity contribution in [2.45, 2.75) is 32.2 Å². The normalized spacial score (nSPS) is 18.8. The smallest absolute Gasteiger partial charge is 0.242 e. The number of hydrogen-bond acceptors (Lipinski definition) is 5. The molecule has 1 unspecified atom stereocenters. The molecule has 0 bridgehead atoms. The highest BCUT2D eigenvalue weighted by atomic mass is 35.5. The van der Waals surface area contributed by atoms with Crippen molar-refractivity contribution in [3.05, 3.63) is 11.2 Å². The van der Waals surface area contributed by atoms with Crippen molar-refractivity contribution < 1.29 is 4.79 Å². The van der Waals surface area contributed by atoms with Gasteiger partial charge in [0.05, 0.1) is 6.20 Å². The Hall–Kier alpha value is -1.56. The van der Waals surface area contributed by atoms with E-state index in [1.807, 2.05) is 0 Å². The Morgan fingerprint density at radius 1 is 1.58 bits per heavy atom. The molecule has 0 aliphatic carbocycles. The van der Waals surface area contributed by atoms with Crippen LogP contribution in [0.2, 0.25) is 5.02 Å². The molecule has 1 aromatic rings. The quantitative estimate of drug-likeness (QED) is 0.766. The molecule has 1 aliphatic heterocycles. The van der Waals surface area contributed by atoms with Crippen molar-refractivity contribution in [3.63, 3.8) is 0 Å². The van der Waals surface area contributed by atoms with E-state index in [4.69, 9.17) is 11.6 Å². The number of nitrogens with zero attached hydrogens (tertiary/aromatic N) is 2. The molecule has 1 aliphatic rings. The van der Waals surface area contributed by atoms with Gasteiger partial charge in [0.25, 0.3) is 0 Å². The van der Waals surface area contributed by atoms with Gasteiger partial charge in [-0.15, -0.1) is 0 Å². The van der Waals surface area contributed by atoms with Crippen molar-refractivity contribution in [2.24, 2.45) is 0 Å². The van der Waals surface area contributed by atoms with E-state index in [2.05, 4.69) is 32.8 Å². The van der Waals surface area contributed by atoms with Crippen LogP contribution in [0.3, 0.4) is 0 Å². The van der Waals surface area contributed by atoms with Gasteiger partial charge in [-0.2, -0.15) is 4.98 Å². The first-order chi connectivity index (χ1) is 9.20. The van der Waals surface area contributed by atoms with Crippen LogP contribution >= 0.6 is 11.6 Å². The van der Waals surface area contributed by atoms with Crippen LogP contribution in [0.5, 0.6) is 0 Å². The molecule has 1 aromatic heterocycles. The second kappa shape index (κ2) is 6.56. The topological polar surface area (TPSA) is 78.9 Å². The molecule has 0 aromatic carbocycles. The van der Waals surface area contributed by atoms with Crippen molar-refractivity contribution >= 4 is 29.3 Å². The van der Waals surface area contributed by atoms with E-state index in [-0.39, 0.29) is 11.9 Å². The molecule has 0 radical (unpaired) electrons. The molecule has 2 heterocycles. The molecular weight excluding hydrogens is 266 g/mol. The Labute approximate surface area is 117 Å². The van der Waals surface area contributed by atoms with Gasteiger partial charge in [0.15, 0.2) is 5.82 Å². The lowest BCUT2D eigenvalue weighted by Gasteiger charge is -2.23. The highest BCUT2D eigenvalue weighted by Gasteiger charge is 2.23. The second-order valence-electron chi connectivity index (χ2n) is 4.45. The molecule has 1 atom stereocenters. The second-order valence-corrected chi connectivity index (χ2v) is 4.85. The summed E-state index contributed by atoms with van der Waals surface area (Å²) in [5, 5.41) is 9.40. The van der Waals surface area contributed by atoms with Crippen molar-refractivity contribution in [1.82, 2.24) is 15.3 Å². The van der Waals surface area contributed by atoms with Crippen molar-refractivity contribution in [2.75, 3.05) is 23.7 Å². The van der Waals surface area contributed by atoms with Gasteiger partial charge in [0.1, 0.15) is 11.1 Å². The maximum absolute atomic E-state index is 11.7. The summed E-state index contributed by atoms with van der Waals surface area (Å²) < 4.78 is 0. The standard InChI is InChI=1S/C12H18ClN5O/c1-2-5-15-12-16-7-8(13)10(18-12)17-9-4-3-6-14-11(9)19/h7,9H,2-6H2,1H3,(H,14,19)(H2,15,16,17,18). The summed E-state index contributed by atoms with van der Waals surface area (Å²) in [4.78, 5) is 20.1. The maximum Gasteiger partial charge on any atom is 0.242 e. The minimum atomic E-state index is -0.278. The van der Waals surface area contributed by atoms with E-state index in [0.717, 1.165) is 32.4 Å². The Morgan fingerprint density at radius 2 is 2.42 bits per heavy atom. The molecule has 1 saturated heterocycles. The molecule has 0 saturated carbocycles. The molecule has 104 valence electrons. The third kappa shape index (κ3) is 3.70. The van der Waals surface area contributed by atoms with Gasteiger partial charge in [-0.3, -0.25) is 4.79 Å². The fourth-order valence-corrected chi connectivity index (χ4v) is 2.01. The van der Waals surface area contributed by atoms with Crippen LogP contribution in [0.15, 0.2) is 6.20 Å². The number of rotatable bonds is 5. The van der Waals surface area contributed by atoms with Gasteiger partial charge in [-0.25, -0.2) is 4.98 Å². The zero-order valence-corrected chi connectivity index (χ0v) is 11.6. The third-order valence-corrected chi connectivity index (χ3v) is 3.15. The fourth-order valence-electron chi connectivity index (χ4n) is 1.87. The fraction of sp³-hybridized carbons (Fsp3) is 0.583. The largest absolute Gasteiger partial charge is 0.357 e. The average Bonchev–Trinajstić information content (AvgIpc) is 2.42. The SMILES string of the molecule is CCCNc1ncc(Cl)c(NC2CCCNC2=O)n1. The van der Waals surface area contributed by atoms with E-state index in [1.54, 1.807) is 0 Å². The molecule has 1 fully saturated rings. The van der Waals surface area contributed by atoms with Crippen LogP contribution in [0, 0.1) is 0 Å². The third-order valence-electron chi connectivity index (χ3n) is 2.87. The highest BCUT2D eigenvalue weighted by molar-refractivity contribution is 6.32. The van der Waals surface area contributed by atoms with Gasteiger partial charge < -0.3 is 16.0 Å². The van der Waals surface area contributed by atoms with Crippen LogP contribution in [0.4, 0.5) is 11.8 Å². The van der Waals surface area contributed by atoms with Crippen LogP contribution in [0.25, 0.3) is 0 Å². The molecular formula is C12H18ClN5O. The van der Waals surface area contributed by atoms with E-state index in [0.29, 0.717) is 16.8 Å². The van der Waals surface area contributed by atoms with Gasteiger partial charge in [0.2, 0.25) is 11.9 Å². The summed E-state index contributed by atoms with van der Waals surface area (Å²) in [5.74, 6) is 1.01. The van der Waals surface area contributed by atoms with Gasteiger partial charge in [0, 0.05) is 13.1 Å². The summed E-state index contributed by atoms with van der Waals surface area (Å²) in [6.45, 7) is 3.59. The Bertz CT molecular complexity index is 454. The number of hydrogen-bond donors (Lipinski definition) is 3. The number of piperidine rings is 1. The number of amides is 1. The zero-order valence-electron chi connectivity index (χ0n) is 10.9. The number of anilines is 2. The zero-order chi connectivity index (χ0) is 13.7. The number of halogens is 1. The molecule has 2 rings (SSSR count). The minimum absolute atomic E-state index is 0.0102. The molecule has 3 N–H and O–H groups in total. The van der Waals surface area contributed by atoms with Crippen LogP contribution < -0.4 is 16.0 Å². The lowest BCUT2D eigenvalue weighted by Crippen LogP contribution is -2.44. The monoisotopic (exact) mass is 283 g/mol. The maximum atomic E-state index is 11.7. The molecule has 6 nitrogen and oxygen atoms in total. The van der Waals surface area contributed by atoms with Gasteiger partial charge >= 0.3 is 0 Å². The summed E-state index contributed by atoms with van der Waals surface area (Å²) in [6, 6.07) is -0.278. The van der Waals surface area contributed by atoms with E-state index < -0.39 is 0 Å². The van der Waals surface area contributed by atoms with Gasteiger partial charge in [-0.05, 0) is 19.3 Å². The number of carbonyl (C=O) groups excluding carboxylic acids is 1. The predicted octanol–water partition coefficient (Wildman–Crippen LogP) is 1.64. The van der Waals surface area contributed by atoms with Gasteiger partial charge in [-0.1, -0.05) is 18.5 Å². The highest BCUT2D eigenvalue weighted by Crippen LogP contribution is 2.21. The van der Waals surface area contributed by atoms with E-state index >= 15 is 0 Å². The summed E-state index contributed by atoms with van der Waals surface area (Å²) in [6.07, 6.45) is 4.26. The van der Waals surface area contributed by atoms with Crippen LogP contribution in [-0.4, -0.2) is 35.0 Å². The molecule has 19 heavy (non-hydrogen) atoms. The molecule has 1 amide bonds. The van der Waals surface area contributed by atoms with Crippen LogP contribution in [-0.2, 0) is 4.79 Å².